The second-order valence-electron chi connectivity index (χ2n) is 6.99. The molecule has 0 bridgehead atoms. The van der Waals surface area contributed by atoms with Crippen molar-refractivity contribution in [2.75, 3.05) is 58.2 Å². The van der Waals surface area contributed by atoms with Crippen LogP contribution in [0.25, 0.3) is 0 Å². The zero-order valence-corrected chi connectivity index (χ0v) is 15.5. The average molecular weight is 346 g/mol. The molecule has 1 atom stereocenters. The van der Waals surface area contributed by atoms with Gasteiger partial charge >= 0.3 is 0 Å². The second-order valence-corrected chi connectivity index (χ2v) is 8.96. The number of hydrogen-bond donors (Lipinski definition) is 0. The summed E-state index contributed by atoms with van der Waals surface area (Å²) in [5.41, 5.74) is 0.691. The summed E-state index contributed by atoms with van der Waals surface area (Å²) in [6.45, 7) is 16.2. The van der Waals surface area contributed by atoms with Gasteiger partial charge in [0.05, 0.1) is 18.5 Å². The molecule has 2 aliphatic heterocycles. The van der Waals surface area contributed by atoms with Gasteiger partial charge in [0.2, 0.25) is 10.0 Å². The van der Waals surface area contributed by atoms with E-state index in [1.807, 2.05) is 0 Å². The lowest BCUT2D eigenvalue weighted by Crippen LogP contribution is -2.54. The maximum Gasteiger partial charge on any atom is 0.218 e. The first-order valence-electron chi connectivity index (χ1n) is 8.48. The van der Waals surface area contributed by atoms with E-state index < -0.39 is 10.0 Å². The molecule has 2 aliphatic rings. The first-order chi connectivity index (χ1) is 10.8. The predicted molar refractivity (Wildman–Crippen MR) is 93.1 cm³/mol. The first-order valence-corrected chi connectivity index (χ1v) is 10.1. The van der Waals surface area contributed by atoms with E-state index in [-0.39, 0.29) is 11.9 Å². The third-order valence-corrected chi connectivity index (χ3v) is 6.53. The molecule has 0 unspecified atom stereocenters. The molecule has 23 heavy (non-hydrogen) atoms. The van der Waals surface area contributed by atoms with Crippen LogP contribution in [-0.2, 0) is 14.8 Å². The predicted octanol–water partition coefficient (Wildman–Crippen LogP) is 0.619. The van der Waals surface area contributed by atoms with Gasteiger partial charge in [-0.05, 0) is 20.8 Å². The van der Waals surface area contributed by atoms with Gasteiger partial charge in [-0.1, -0.05) is 12.2 Å². The molecular formula is C16H31N3O3S. The van der Waals surface area contributed by atoms with E-state index in [4.69, 9.17) is 4.74 Å². The van der Waals surface area contributed by atoms with Gasteiger partial charge < -0.3 is 4.74 Å². The molecule has 0 aromatic rings. The molecule has 7 heteroatoms. The Bertz CT molecular complexity index is 499. The fraction of sp³-hybridized carbons (Fsp3) is 0.875. The lowest BCUT2D eigenvalue weighted by Gasteiger charge is -2.40. The SMILES string of the molecule is C=C(C)CS(=O)(=O)N1CCN(C[C@@H]2CN(C(C)C)CCO2)CC1. The molecule has 2 rings (SSSR count). The van der Waals surface area contributed by atoms with Crippen LogP contribution >= 0.6 is 0 Å². The molecule has 0 N–H and O–H groups in total. The zero-order chi connectivity index (χ0) is 17.0. The smallest absolute Gasteiger partial charge is 0.218 e. The average Bonchev–Trinajstić information content (AvgIpc) is 2.46. The molecule has 0 radical (unpaired) electrons. The highest BCUT2D eigenvalue weighted by molar-refractivity contribution is 7.89. The van der Waals surface area contributed by atoms with Crippen LogP contribution < -0.4 is 0 Å². The summed E-state index contributed by atoms with van der Waals surface area (Å²) < 4.78 is 31.9. The minimum absolute atomic E-state index is 0.0576. The molecule has 0 aromatic carbocycles. The Labute approximate surface area is 141 Å². The highest BCUT2D eigenvalue weighted by atomic mass is 32.2. The molecule has 0 amide bonds. The molecule has 2 saturated heterocycles. The van der Waals surface area contributed by atoms with Crippen molar-refractivity contribution in [1.29, 1.82) is 0 Å². The summed E-state index contributed by atoms with van der Waals surface area (Å²) in [5, 5.41) is 0. The van der Waals surface area contributed by atoms with Gasteiger partial charge in [-0.25, -0.2) is 8.42 Å². The maximum atomic E-state index is 12.2. The van der Waals surface area contributed by atoms with E-state index in [0.29, 0.717) is 24.7 Å². The molecule has 0 aromatic heterocycles. The van der Waals surface area contributed by atoms with Crippen LogP contribution in [-0.4, -0.2) is 92.8 Å². The number of rotatable bonds is 6. The Morgan fingerprint density at radius 1 is 1.22 bits per heavy atom. The number of morpholine rings is 1. The number of hydrogen-bond acceptors (Lipinski definition) is 5. The second kappa shape index (κ2) is 8.07. The topological polar surface area (TPSA) is 53.1 Å². The van der Waals surface area contributed by atoms with E-state index >= 15 is 0 Å². The van der Waals surface area contributed by atoms with Crippen molar-refractivity contribution in [3.05, 3.63) is 12.2 Å². The van der Waals surface area contributed by atoms with Gasteiger partial charge in [0, 0.05) is 51.9 Å². The molecule has 0 aliphatic carbocycles. The van der Waals surface area contributed by atoms with Crippen molar-refractivity contribution in [3.63, 3.8) is 0 Å². The minimum Gasteiger partial charge on any atom is -0.374 e. The van der Waals surface area contributed by atoms with Gasteiger partial charge in [0.1, 0.15) is 0 Å². The van der Waals surface area contributed by atoms with Gasteiger partial charge in [-0.15, -0.1) is 0 Å². The van der Waals surface area contributed by atoms with Crippen LogP contribution in [0.1, 0.15) is 20.8 Å². The number of ether oxygens (including phenoxy) is 1. The largest absolute Gasteiger partial charge is 0.374 e. The van der Waals surface area contributed by atoms with Crippen LogP contribution in [0.15, 0.2) is 12.2 Å². The van der Waals surface area contributed by atoms with E-state index in [1.165, 1.54) is 0 Å². The normalized spacial score (nSPS) is 25.8. The minimum atomic E-state index is -3.19. The molecule has 0 saturated carbocycles. The molecular weight excluding hydrogens is 314 g/mol. The van der Waals surface area contributed by atoms with Gasteiger partial charge in [0.15, 0.2) is 0 Å². The van der Waals surface area contributed by atoms with Crippen LogP contribution in [0.4, 0.5) is 0 Å². The Balaban J connectivity index is 1.80. The summed E-state index contributed by atoms with van der Waals surface area (Å²) in [5.74, 6) is 0.0576. The van der Waals surface area contributed by atoms with E-state index in [1.54, 1.807) is 11.2 Å². The van der Waals surface area contributed by atoms with Crippen LogP contribution in [0.3, 0.4) is 0 Å². The molecule has 134 valence electrons. The Hall–Kier alpha value is -0.470. The quantitative estimate of drug-likeness (QED) is 0.661. The van der Waals surface area contributed by atoms with Gasteiger partial charge in [-0.2, -0.15) is 4.31 Å². The maximum absolute atomic E-state index is 12.2. The van der Waals surface area contributed by atoms with Crippen molar-refractivity contribution in [2.45, 2.75) is 32.9 Å². The number of nitrogens with zero attached hydrogens (tertiary/aromatic N) is 3. The molecule has 0 spiro atoms. The highest BCUT2D eigenvalue weighted by Crippen LogP contribution is 2.14. The summed E-state index contributed by atoms with van der Waals surface area (Å²) >= 11 is 0. The molecule has 6 nitrogen and oxygen atoms in total. The van der Waals surface area contributed by atoms with Crippen molar-refractivity contribution in [1.82, 2.24) is 14.1 Å². The summed E-state index contributed by atoms with van der Waals surface area (Å²) in [6, 6.07) is 0.547. The van der Waals surface area contributed by atoms with Crippen molar-refractivity contribution < 1.29 is 13.2 Å². The monoisotopic (exact) mass is 345 g/mol. The molecule has 2 heterocycles. The zero-order valence-electron chi connectivity index (χ0n) is 14.7. The van der Waals surface area contributed by atoms with E-state index in [2.05, 4.69) is 30.2 Å². The lowest BCUT2D eigenvalue weighted by molar-refractivity contribution is -0.0545. The standard InChI is InChI=1S/C16H31N3O3S/c1-14(2)13-23(20,21)19-7-5-17(6-8-19)11-16-12-18(15(3)4)9-10-22-16/h15-16H,1,5-13H2,2-4H3/t16-/m1/s1. The van der Waals surface area contributed by atoms with Crippen LogP contribution in [0.5, 0.6) is 0 Å². The third kappa shape index (κ3) is 5.53. The number of piperazine rings is 1. The lowest BCUT2D eigenvalue weighted by atomic mass is 10.2. The van der Waals surface area contributed by atoms with Gasteiger partial charge in [0.25, 0.3) is 0 Å². The van der Waals surface area contributed by atoms with Crippen LogP contribution in [0.2, 0.25) is 0 Å². The highest BCUT2D eigenvalue weighted by Gasteiger charge is 2.29. The summed E-state index contributed by atoms with van der Waals surface area (Å²) in [4.78, 5) is 4.77. The Morgan fingerprint density at radius 2 is 1.87 bits per heavy atom. The van der Waals surface area contributed by atoms with Crippen molar-refractivity contribution >= 4 is 10.0 Å². The van der Waals surface area contributed by atoms with E-state index in [9.17, 15) is 8.42 Å². The summed E-state index contributed by atoms with van der Waals surface area (Å²) in [7, 11) is -3.19. The van der Waals surface area contributed by atoms with Crippen molar-refractivity contribution in [2.24, 2.45) is 0 Å². The Kier molecular flexibility index (Phi) is 6.62. The van der Waals surface area contributed by atoms with Gasteiger partial charge in [-0.3, -0.25) is 9.80 Å². The number of sulfonamides is 1. The Morgan fingerprint density at radius 3 is 2.43 bits per heavy atom. The van der Waals surface area contributed by atoms with Crippen LogP contribution in [0, 0.1) is 0 Å². The van der Waals surface area contributed by atoms with Crippen molar-refractivity contribution in [3.8, 4) is 0 Å². The summed E-state index contributed by atoms with van der Waals surface area (Å²) in [6.07, 6.45) is 0.227. The third-order valence-electron chi connectivity index (χ3n) is 4.52. The fourth-order valence-corrected chi connectivity index (χ4v) is 4.73. The fourth-order valence-electron chi connectivity index (χ4n) is 3.20. The first kappa shape index (κ1) is 18.9. The van der Waals surface area contributed by atoms with E-state index in [0.717, 1.165) is 39.3 Å². The molecule has 2 fully saturated rings.